The second-order valence-corrected chi connectivity index (χ2v) is 12.5. The van der Waals surface area contributed by atoms with Crippen molar-refractivity contribution in [3.8, 4) is 0 Å². The second-order valence-electron chi connectivity index (χ2n) is 12.5. The van der Waals surface area contributed by atoms with Crippen molar-refractivity contribution >= 4 is 22.3 Å². The summed E-state index contributed by atoms with van der Waals surface area (Å²) in [6, 6.07) is 41.8. The summed E-state index contributed by atoms with van der Waals surface area (Å²) in [5.74, 6) is 0. The quantitative estimate of drug-likeness (QED) is 0.221. The minimum atomic E-state index is 0.862. The summed E-state index contributed by atoms with van der Waals surface area (Å²) in [5, 5.41) is 3.87. The van der Waals surface area contributed by atoms with Gasteiger partial charge in [0.2, 0.25) is 11.4 Å². The Morgan fingerprint density at radius 3 is 1.14 bits per heavy atom. The number of pyridine rings is 4. The molecular weight excluding hydrogens is 617 g/mol. The number of H-pyrrole nitrogens is 4. The average molecular weight is 651 g/mol. The molecule has 8 nitrogen and oxygen atoms in total. The van der Waals surface area contributed by atoms with E-state index in [1.165, 1.54) is 0 Å². The molecule has 0 aliphatic carbocycles. The van der Waals surface area contributed by atoms with Crippen molar-refractivity contribution in [3.63, 3.8) is 0 Å². The summed E-state index contributed by atoms with van der Waals surface area (Å²) >= 11 is 0. The van der Waals surface area contributed by atoms with Crippen molar-refractivity contribution < 1.29 is 9.13 Å². The topological polar surface area (TPSA) is 96.7 Å². The lowest BCUT2D eigenvalue weighted by Gasteiger charge is -2.08. The third-order valence-corrected chi connectivity index (χ3v) is 9.36. The number of aromatic amines is 4. The molecule has 0 saturated heterocycles. The first kappa shape index (κ1) is 29.3. The first-order valence-corrected chi connectivity index (χ1v) is 16.6. The Balaban J connectivity index is 1.46. The van der Waals surface area contributed by atoms with Crippen molar-refractivity contribution in [2.24, 2.45) is 14.1 Å². The first-order valence-electron chi connectivity index (χ1n) is 16.6. The highest BCUT2D eigenvalue weighted by Gasteiger charge is 2.23. The number of aryl methyl sites for hydroxylation is 2. The normalized spacial score (nSPS) is 12.8. The van der Waals surface area contributed by atoms with Crippen molar-refractivity contribution in [1.82, 2.24) is 29.9 Å². The van der Waals surface area contributed by atoms with E-state index in [0.717, 1.165) is 89.2 Å². The smallest absolute Gasteiger partial charge is 0.216 e. The molecule has 0 fully saturated rings. The Labute approximate surface area is 287 Å². The van der Waals surface area contributed by atoms with Crippen LogP contribution in [-0.2, 0) is 14.1 Å². The number of nitrogens with zero attached hydrogens (tertiary/aromatic N) is 4. The predicted octanol–water partition coefficient (Wildman–Crippen LogP) is 2.74. The number of hydrogen-bond acceptors (Lipinski definition) is 2. The van der Waals surface area contributed by atoms with Crippen LogP contribution in [0.2, 0.25) is 0 Å². The highest BCUT2D eigenvalue weighted by atomic mass is 14.9. The van der Waals surface area contributed by atoms with Gasteiger partial charge in [-0.15, -0.1) is 0 Å². The minimum absolute atomic E-state index is 0.862. The molecule has 8 aromatic rings. The van der Waals surface area contributed by atoms with Crippen molar-refractivity contribution in [2.45, 2.75) is 0 Å². The zero-order valence-electron chi connectivity index (χ0n) is 27.6. The molecule has 0 radical (unpaired) electrons. The fraction of sp³-hybridized carbons (Fsp3) is 0.0476. The summed E-state index contributed by atoms with van der Waals surface area (Å²) in [6.07, 6.45) is 7.84. The molecule has 0 unspecified atom stereocenters. The maximum absolute atomic E-state index is 4.81. The van der Waals surface area contributed by atoms with Crippen LogP contribution in [0.4, 0.5) is 0 Å². The summed E-state index contributed by atoms with van der Waals surface area (Å²) < 4.78 is 4.31. The molecule has 8 heteroatoms. The van der Waals surface area contributed by atoms with Gasteiger partial charge >= 0.3 is 0 Å². The van der Waals surface area contributed by atoms with Crippen LogP contribution in [0, 0.1) is 0 Å². The lowest BCUT2D eigenvalue weighted by atomic mass is 10.1. The molecule has 9 rings (SSSR count). The summed E-state index contributed by atoms with van der Waals surface area (Å²) in [5.41, 5.74) is 11.8. The fourth-order valence-electron chi connectivity index (χ4n) is 7.02. The molecule has 4 N–H and O–H groups in total. The molecule has 8 aromatic heterocycles. The number of hydrogen-bond donors (Lipinski definition) is 4. The van der Waals surface area contributed by atoms with Crippen LogP contribution in [0.3, 0.4) is 0 Å². The monoisotopic (exact) mass is 650 g/mol. The molecule has 0 spiro atoms. The van der Waals surface area contributed by atoms with Gasteiger partial charge in [-0.25, -0.2) is 9.13 Å². The van der Waals surface area contributed by atoms with E-state index in [2.05, 4.69) is 153 Å². The average Bonchev–Trinajstić information content (AvgIpc) is 3.98. The molecule has 240 valence electrons. The SMILES string of the molecule is C[n+]1ccccc1C1=c2ccc([nH]2)=C(c2ccccn2)c2ccc([nH]2)C(c2ccccn2)=c2ccc([nH]2)=C(c2cccc[n+]2C)c2ccc1[nH]2. The standard InChI is InChI=1S/C42H32N8/c1-49-25-9-5-13-37(49)41-33-19-17-31(46-33)39(27-11-3-7-23-43-27)29-15-16-30(45-29)40(28-12-4-8-24-44-28)32-18-20-34(47-32)42(36-22-21-35(41)48-36)38-14-6-10-26-50(38)2/h3-26,48H,1-2H3,(H,45,46,47)/p+2. The molecule has 0 atom stereocenters. The minimum Gasteiger partial charge on any atom is -0.354 e. The maximum Gasteiger partial charge on any atom is 0.216 e. The molecule has 9 heterocycles. The molecular formula is C42H34N8+2. The maximum atomic E-state index is 4.81. The Kier molecular flexibility index (Phi) is 7.05. The van der Waals surface area contributed by atoms with Crippen LogP contribution in [0.15, 0.2) is 146 Å². The van der Waals surface area contributed by atoms with Gasteiger partial charge in [0, 0.05) is 47.8 Å². The third-order valence-electron chi connectivity index (χ3n) is 9.36. The summed E-state index contributed by atoms with van der Waals surface area (Å²) in [6.45, 7) is 0. The van der Waals surface area contributed by atoms with Crippen molar-refractivity contribution in [1.29, 1.82) is 0 Å². The largest absolute Gasteiger partial charge is 0.354 e. The van der Waals surface area contributed by atoms with Crippen LogP contribution in [0.1, 0.15) is 45.6 Å². The Hall–Kier alpha value is -6.80. The number of fused-ring (bicyclic) bond motifs is 8. The third kappa shape index (κ3) is 5.02. The van der Waals surface area contributed by atoms with E-state index in [-0.39, 0.29) is 0 Å². The van der Waals surface area contributed by atoms with Gasteiger partial charge in [-0.1, -0.05) is 12.1 Å². The van der Waals surface area contributed by atoms with E-state index in [4.69, 9.17) is 9.97 Å². The van der Waals surface area contributed by atoms with Crippen molar-refractivity contribution in [2.75, 3.05) is 0 Å². The second kappa shape index (κ2) is 12.0. The molecule has 0 amide bonds. The molecule has 50 heavy (non-hydrogen) atoms. The van der Waals surface area contributed by atoms with Crippen molar-refractivity contribution in [3.05, 3.63) is 213 Å². The highest BCUT2D eigenvalue weighted by Crippen LogP contribution is 2.25. The molecule has 1 aliphatic heterocycles. The Morgan fingerprint density at radius 1 is 0.380 bits per heavy atom. The molecule has 0 saturated carbocycles. The summed E-state index contributed by atoms with van der Waals surface area (Å²) in [4.78, 5) is 24.9. The van der Waals surface area contributed by atoms with E-state index in [1.807, 2.05) is 36.7 Å². The van der Waals surface area contributed by atoms with Gasteiger partial charge in [0.25, 0.3) is 0 Å². The predicted molar refractivity (Wildman–Crippen MR) is 192 cm³/mol. The highest BCUT2D eigenvalue weighted by molar-refractivity contribution is 5.82. The number of nitrogens with one attached hydrogen (secondary N) is 4. The molecule has 8 bridgehead atoms. The van der Waals surface area contributed by atoms with Crippen LogP contribution in [0.25, 0.3) is 22.3 Å². The van der Waals surface area contributed by atoms with E-state index in [9.17, 15) is 0 Å². The van der Waals surface area contributed by atoms with Gasteiger partial charge in [0.15, 0.2) is 12.4 Å². The van der Waals surface area contributed by atoms with Crippen LogP contribution in [-0.4, -0.2) is 29.9 Å². The van der Waals surface area contributed by atoms with E-state index >= 15 is 0 Å². The fourth-order valence-corrected chi connectivity index (χ4v) is 7.02. The Morgan fingerprint density at radius 2 is 0.760 bits per heavy atom. The number of aromatic nitrogens is 8. The van der Waals surface area contributed by atoms with Gasteiger partial charge in [-0.2, -0.15) is 0 Å². The lowest BCUT2D eigenvalue weighted by Crippen LogP contribution is -2.35. The van der Waals surface area contributed by atoms with E-state index in [0.29, 0.717) is 0 Å². The first-order chi connectivity index (χ1) is 24.6. The van der Waals surface area contributed by atoms with E-state index in [1.54, 1.807) is 0 Å². The molecule has 1 aliphatic rings. The van der Waals surface area contributed by atoms with Gasteiger partial charge in [0.05, 0.1) is 66.7 Å². The Bertz CT molecular complexity index is 2590. The molecule has 0 aromatic carbocycles. The lowest BCUT2D eigenvalue weighted by molar-refractivity contribution is -0.673. The summed E-state index contributed by atoms with van der Waals surface area (Å²) in [7, 11) is 4.16. The van der Waals surface area contributed by atoms with Crippen LogP contribution in [0.5, 0.6) is 0 Å². The van der Waals surface area contributed by atoms with Crippen LogP contribution < -0.4 is 30.5 Å². The zero-order valence-corrected chi connectivity index (χ0v) is 27.6. The van der Waals surface area contributed by atoms with E-state index < -0.39 is 0 Å². The van der Waals surface area contributed by atoms with Gasteiger partial charge in [-0.05, 0) is 84.9 Å². The van der Waals surface area contributed by atoms with Gasteiger partial charge in [-0.3, -0.25) is 9.97 Å². The number of rotatable bonds is 4. The zero-order chi connectivity index (χ0) is 33.6. The van der Waals surface area contributed by atoms with Gasteiger partial charge < -0.3 is 19.9 Å². The van der Waals surface area contributed by atoms with Gasteiger partial charge in [0.1, 0.15) is 14.1 Å². The van der Waals surface area contributed by atoms with Crippen LogP contribution >= 0.6 is 0 Å².